The highest BCUT2D eigenvalue weighted by atomic mass is 32.2. The van der Waals surface area contributed by atoms with Crippen LogP contribution in [0.2, 0.25) is 0 Å². The lowest BCUT2D eigenvalue weighted by atomic mass is 10.2. The molecule has 0 bridgehead atoms. The lowest BCUT2D eigenvalue weighted by Crippen LogP contribution is -2.21. The topological polar surface area (TPSA) is 87.0 Å². The van der Waals surface area contributed by atoms with Gasteiger partial charge in [-0.2, -0.15) is 5.26 Å². The Bertz CT molecular complexity index is 541. The molecule has 0 aromatic heterocycles. The normalized spacial score (nSPS) is 10.6. The van der Waals surface area contributed by atoms with Gasteiger partial charge < -0.3 is 5.32 Å². The molecule has 1 aromatic rings. The van der Waals surface area contributed by atoms with Crippen LogP contribution in [-0.4, -0.2) is 20.6 Å². The minimum absolute atomic E-state index is 0.179. The van der Waals surface area contributed by atoms with Gasteiger partial charge in [0.15, 0.2) is 9.84 Å². The molecule has 0 radical (unpaired) electrons. The molecule has 6 heteroatoms. The summed E-state index contributed by atoms with van der Waals surface area (Å²) in [5.41, 5.74) is 0.781. The number of hydrogen-bond acceptors (Lipinski definition) is 4. The molecule has 0 aliphatic rings. The van der Waals surface area contributed by atoms with Crippen LogP contribution in [0.1, 0.15) is 12.0 Å². The Morgan fingerprint density at radius 1 is 1.35 bits per heavy atom. The van der Waals surface area contributed by atoms with Crippen molar-refractivity contribution in [2.24, 2.45) is 0 Å². The van der Waals surface area contributed by atoms with Gasteiger partial charge in [0, 0.05) is 12.8 Å². The van der Waals surface area contributed by atoms with E-state index in [9.17, 15) is 13.2 Å². The molecule has 1 amide bonds. The summed E-state index contributed by atoms with van der Waals surface area (Å²) >= 11 is 0. The van der Waals surface area contributed by atoms with E-state index in [1.165, 1.54) is 12.1 Å². The Balaban J connectivity index is 2.64. The van der Waals surface area contributed by atoms with Gasteiger partial charge in [0.25, 0.3) is 0 Å². The fraction of sp³-hybridized carbons (Fsp3) is 0.273. The third kappa shape index (κ3) is 4.25. The van der Waals surface area contributed by atoms with Gasteiger partial charge in [-0.1, -0.05) is 12.1 Å². The van der Waals surface area contributed by atoms with Crippen molar-refractivity contribution in [3.05, 3.63) is 29.8 Å². The standard InChI is InChI=1S/C11H12N2O3S/c1-17(15,16)10-4-2-9(3-5-10)8-13-11(14)6-7-12/h2-5H,6,8H2,1H3,(H,13,14). The Hall–Kier alpha value is -1.87. The molecule has 1 aromatic carbocycles. The predicted octanol–water partition coefficient (Wildman–Crippen LogP) is 0.620. The highest BCUT2D eigenvalue weighted by molar-refractivity contribution is 7.90. The van der Waals surface area contributed by atoms with Crippen molar-refractivity contribution in [3.8, 4) is 6.07 Å². The number of nitrogens with zero attached hydrogens (tertiary/aromatic N) is 1. The van der Waals surface area contributed by atoms with Crippen LogP contribution in [0.3, 0.4) is 0 Å². The van der Waals surface area contributed by atoms with Crippen LogP contribution in [-0.2, 0) is 21.2 Å². The first-order chi connectivity index (χ1) is 7.93. The summed E-state index contributed by atoms with van der Waals surface area (Å²) in [7, 11) is -3.19. The Labute approximate surface area is 100.0 Å². The molecule has 0 heterocycles. The summed E-state index contributed by atoms with van der Waals surface area (Å²) in [6.45, 7) is 0.282. The van der Waals surface area contributed by atoms with Crippen molar-refractivity contribution in [2.45, 2.75) is 17.9 Å². The van der Waals surface area contributed by atoms with Gasteiger partial charge >= 0.3 is 0 Å². The molecule has 0 unspecified atom stereocenters. The van der Waals surface area contributed by atoms with E-state index in [4.69, 9.17) is 5.26 Å². The van der Waals surface area contributed by atoms with Crippen LogP contribution in [0, 0.1) is 11.3 Å². The Morgan fingerprint density at radius 3 is 2.41 bits per heavy atom. The quantitative estimate of drug-likeness (QED) is 0.851. The second kappa shape index (κ2) is 5.46. The lowest BCUT2D eigenvalue weighted by molar-refractivity contribution is -0.120. The monoisotopic (exact) mass is 252 g/mol. The number of sulfone groups is 1. The molecule has 90 valence electrons. The maximum absolute atomic E-state index is 11.2. The molecular weight excluding hydrogens is 240 g/mol. The van der Waals surface area contributed by atoms with Gasteiger partial charge in [-0.05, 0) is 17.7 Å². The van der Waals surface area contributed by atoms with Crippen LogP contribution in [0.15, 0.2) is 29.2 Å². The molecule has 0 fully saturated rings. The van der Waals surface area contributed by atoms with E-state index in [1.807, 2.05) is 0 Å². The van der Waals surface area contributed by atoms with Crippen LogP contribution in [0.5, 0.6) is 0 Å². The minimum Gasteiger partial charge on any atom is -0.351 e. The van der Waals surface area contributed by atoms with E-state index in [1.54, 1.807) is 18.2 Å². The Kier molecular flexibility index (Phi) is 4.24. The smallest absolute Gasteiger partial charge is 0.234 e. The zero-order valence-corrected chi connectivity index (χ0v) is 10.1. The SMILES string of the molecule is CS(=O)(=O)c1ccc(CNC(=O)CC#N)cc1. The van der Waals surface area contributed by atoms with Crippen molar-refractivity contribution in [3.63, 3.8) is 0 Å². The van der Waals surface area contributed by atoms with Crippen molar-refractivity contribution >= 4 is 15.7 Å². The lowest BCUT2D eigenvalue weighted by Gasteiger charge is -2.04. The van der Waals surface area contributed by atoms with E-state index in [-0.39, 0.29) is 23.8 Å². The van der Waals surface area contributed by atoms with Gasteiger partial charge in [0.2, 0.25) is 5.91 Å². The van der Waals surface area contributed by atoms with E-state index in [2.05, 4.69) is 5.32 Å². The summed E-state index contributed by atoms with van der Waals surface area (Å²) in [5.74, 6) is -0.348. The van der Waals surface area contributed by atoms with Gasteiger partial charge in [-0.15, -0.1) is 0 Å². The van der Waals surface area contributed by atoms with Gasteiger partial charge in [0.05, 0.1) is 11.0 Å². The number of hydrogen-bond donors (Lipinski definition) is 1. The highest BCUT2D eigenvalue weighted by Crippen LogP contribution is 2.10. The summed E-state index contributed by atoms with van der Waals surface area (Å²) in [6, 6.07) is 7.97. The van der Waals surface area contributed by atoms with E-state index >= 15 is 0 Å². The molecule has 1 N–H and O–H groups in total. The van der Waals surface area contributed by atoms with Crippen molar-refractivity contribution < 1.29 is 13.2 Å². The number of amides is 1. The minimum atomic E-state index is -3.19. The fourth-order valence-electron chi connectivity index (χ4n) is 1.19. The first kappa shape index (κ1) is 13.2. The number of nitrogens with one attached hydrogen (secondary N) is 1. The van der Waals surface area contributed by atoms with Crippen molar-refractivity contribution in [1.82, 2.24) is 5.32 Å². The predicted molar refractivity (Wildman–Crippen MR) is 61.6 cm³/mol. The van der Waals surface area contributed by atoms with Crippen LogP contribution in [0.25, 0.3) is 0 Å². The molecule has 0 atom stereocenters. The largest absolute Gasteiger partial charge is 0.351 e. The van der Waals surface area contributed by atoms with Gasteiger partial charge in [-0.3, -0.25) is 4.79 Å². The molecule has 0 saturated carbocycles. The number of rotatable bonds is 4. The van der Waals surface area contributed by atoms with E-state index in [0.717, 1.165) is 11.8 Å². The second-order valence-corrected chi connectivity index (χ2v) is 5.54. The van der Waals surface area contributed by atoms with Crippen molar-refractivity contribution in [1.29, 1.82) is 5.26 Å². The van der Waals surface area contributed by atoms with Crippen LogP contribution >= 0.6 is 0 Å². The zero-order valence-electron chi connectivity index (χ0n) is 9.30. The number of carbonyl (C=O) groups excluding carboxylic acids is 1. The maximum atomic E-state index is 11.2. The number of nitriles is 1. The van der Waals surface area contributed by atoms with Crippen molar-refractivity contribution in [2.75, 3.05) is 6.26 Å². The first-order valence-corrected chi connectivity index (χ1v) is 6.75. The summed E-state index contributed by atoms with van der Waals surface area (Å²) in [5, 5.41) is 10.8. The second-order valence-electron chi connectivity index (χ2n) is 3.53. The fourth-order valence-corrected chi connectivity index (χ4v) is 1.82. The number of benzene rings is 1. The van der Waals surface area contributed by atoms with Crippen LogP contribution < -0.4 is 5.32 Å². The third-order valence-corrected chi connectivity index (χ3v) is 3.21. The molecule has 0 aliphatic heterocycles. The average molecular weight is 252 g/mol. The summed E-state index contributed by atoms with van der Waals surface area (Å²) in [4.78, 5) is 11.3. The molecule has 17 heavy (non-hydrogen) atoms. The maximum Gasteiger partial charge on any atom is 0.234 e. The molecule has 5 nitrogen and oxygen atoms in total. The molecule has 0 saturated heterocycles. The molecule has 0 aliphatic carbocycles. The summed E-state index contributed by atoms with van der Waals surface area (Å²) < 4.78 is 22.4. The van der Waals surface area contributed by atoms with Crippen LogP contribution in [0.4, 0.5) is 0 Å². The van der Waals surface area contributed by atoms with E-state index < -0.39 is 9.84 Å². The first-order valence-electron chi connectivity index (χ1n) is 4.86. The average Bonchev–Trinajstić information content (AvgIpc) is 2.26. The van der Waals surface area contributed by atoms with Gasteiger partial charge in [0.1, 0.15) is 6.42 Å². The molecule has 0 spiro atoms. The summed E-state index contributed by atoms with van der Waals surface area (Å²) in [6.07, 6.45) is 0.956. The third-order valence-electron chi connectivity index (χ3n) is 2.08. The Morgan fingerprint density at radius 2 is 1.94 bits per heavy atom. The molecular formula is C11H12N2O3S. The van der Waals surface area contributed by atoms with E-state index in [0.29, 0.717) is 0 Å². The molecule has 1 rings (SSSR count). The highest BCUT2D eigenvalue weighted by Gasteiger charge is 2.06. The van der Waals surface area contributed by atoms with Gasteiger partial charge in [-0.25, -0.2) is 8.42 Å². The zero-order chi connectivity index (χ0) is 12.9. The number of carbonyl (C=O) groups is 1.